The molecule has 24 heavy (non-hydrogen) atoms. The highest BCUT2D eigenvalue weighted by molar-refractivity contribution is 5.88. The first-order valence-electron chi connectivity index (χ1n) is 7.97. The van der Waals surface area contributed by atoms with E-state index in [1.54, 1.807) is 12.1 Å². The third-order valence-electron chi connectivity index (χ3n) is 3.61. The molecule has 2 N–H and O–H groups in total. The Balaban J connectivity index is 2.32. The molecule has 2 aromatic carbocycles. The number of nitroso groups, excluding NO2 is 2. The van der Waals surface area contributed by atoms with Gasteiger partial charge >= 0.3 is 0 Å². The lowest BCUT2D eigenvalue weighted by atomic mass is 10.0. The molecule has 126 valence electrons. The number of hydrogen-bond acceptors (Lipinski definition) is 6. The van der Waals surface area contributed by atoms with Gasteiger partial charge in [-0.15, -0.1) is 9.81 Å². The molecule has 0 amide bonds. The number of nitrogens with one attached hydrogen (secondary N) is 2. The Bertz CT molecular complexity index is 702. The molecule has 0 aliphatic heterocycles. The number of rotatable bonds is 8. The number of benzene rings is 2. The monoisotopic (exact) mass is 326 g/mol. The zero-order valence-electron chi connectivity index (χ0n) is 14.1. The van der Waals surface area contributed by atoms with E-state index >= 15 is 0 Å². The van der Waals surface area contributed by atoms with E-state index in [0.29, 0.717) is 17.3 Å². The van der Waals surface area contributed by atoms with Crippen molar-refractivity contribution in [2.45, 2.75) is 33.2 Å². The third-order valence-corrected chi connectivity index (χ3v) is 3.61. The summed E-state index contributed by atoms with van der Waals surface area (Å²) in [5, 5.41) is 12.4. The van der Waals surface area contributed by atoms with Crippen molar-refractivity contribution < 1.29 is 0 Å². The van der Waals surface area contributed by atoms with Crippen LogP contribution in [-0.2, 0) is 0 Å². The summed E-state index contributed by atoms with van der Waals surface area (Å²) in [7, 11) is 0. The molecule has 6 heteroatoms. The highest BCUT2D eigenvalue weighted by Gasteiger charge is 2.17. The molecular formula is C18H22N4O2. The molecule has 0 saturated carbocycles. The SMILES string of the molecule is CC(C)CC(C)Nc1ccc(Nc2ccccc2)c(N=O)c1N=O. The predicted octanol–water partition coefficient (Wildman–Crippen LogP) is 6.07. The molecule has 1 unspecified atom stereocenters. The maximum atomic E-state index is 11.3. The van der Waals surface area contributed by atoms with Gasteiger partial charge in [-0.3, -0.25) is 0 Å². The second kappa shape index (κ2) is 8.19. The average molecular weight is 326 g/mol. The Morgan fingerprint density at radius 1 is 0.875 bits per heavy atom. The normalized spacial score (nSPS) is 11.8. The van der Waals surface area contributed by atoms with Gasteiger partial charge in [0, 0.05) is 11.7 Å². The summed E-state index contributed by atoms with van der Waals surface area (Å²) in [5.41, 5.74) is 1.81. The number of hydrogen-bond donors (Lipinski definition) is 2. The molecule has 0 fully saturated rings. The Kier molecular flexibility index (Phi) is 6.01. The van der Waals surface area contributed by atoms with Crippen molar-refractivity contribution >= 4 is 28.4 Å². The summed E-state index contributed by atoms with van der Waals surface area (Å²) in [6.07, 6.45) is 0.937. The van der Waals surface area contributed by atoms with Crippen molar-refractivity contribution in [3.05, 3.63) is 52.3 Å². The summed E-state index contributed by atoms with van der Waals surface area (Å²) < 4.78 is 0. The minimum atomic E-state index is 0.00981. The summed E-state index contributed by atoms with van der Waals surface area (Å²) in [6.45, 7) is 6.28. The lowest BCUT2D eigenvalue weighted by molar-refractivity contribution is 0.540. The molecule has 0 saturated heterocycles. The Hall–Kier alpha value is -2.76. The second-order valence-electron chi connectivity index (χ2n) is 6.21. The van der Waals surface area contributed by atoms with E-state index in [1.807, 2.05) is 37.3 Å². The van der Waals surface area contributed by atoms with Crippen LogP contribution in [0, 0.1) is 15.7 Å². The Labute approximate surface area is 141 Å². The van der Waals surface area contributed by atoms with Gasteiger partial charge in [-0.1, -0.05) is 32.0 Å². The fraction of sp³-hybridized carbons (Fsp3) is 0.333. The number of para-hydroxylation sites is 1. The fourth-order valence-electron chi connectivity index (χ4n) is 2.69. The lowest BCUT2D eigenvalue weighted by Gasteiger charge is -2.19. The van der Waals surface area contributed by atoms with Crippen LogP contribution in [0.5, 0.6) is 0 Å². The molecule has 0 bridgehead atoms. The minimum Gasteiger partial charge on any atom is -0.381 e. The molecule has 0 radical (unpaired) electrons. The van der Waals surface area contributed by atoms with Crippen molar-refractivity contribution in [1.29, 1.82) is 0 Å². The predicted molar refractivity (Wildman–Crippen MR) is 99.6 cm³/mol. The van der Waals surface area contributed by atoms with Crippen LogP contribution in [0.15, 0.2) is 52.8 Å². The van der Waals surface area contributed by atoms with Gasteiger partial charge in [0.25, 0.3) is 0 Å². The lowest BCUT2D eigenvalue weighted by Crippen LogP contribution is -2.17. The molecule has 2 aromatic rings. The summed E-state index contributed by atoms with van der Waals surface area (Å²) >= 11 is 0. The maximum Gasteiger partial charge on any atom is 0.162 e. The summed E-state index contributed by atoms with van der Waals surface area (Å²) in [5.74, 6) is 0.517. The van der Waals surface area contributed by atoms with Gasteiger partial charge in [-0.2, -0.15) is 0 Å². The van der Waals surface area contributed by atoms with E-state index in [9.17, 15) is 9.81 Å². The topological polar surface area (TPSA) is 82.9 Å². The van der Waals surface area contributed by atoms with Crippen LogP contribution < -0.4 is 10.6 Å². The van der Waals surface area contributed by atoms with Crippen LogP contribution in [0.3, 0.4) is 0 Å². The van der Waals surface area contributed by atoms with Gasteiger partial charge in [-0.25, -0.2) is 0 Å². The van der Waals surface area contributed by atoms with E-state index < -0.39 is 0 Å². The van der Waals surface area contributed by atoms with Crippen molar-refractivity contribution in [3.8, 4) is 0 Å². The van der Waals surface area contributed by atoms with Crippen LogP contribution in [0.2, 0.25) is 0 Å². The fourth-order valence-corrected chi connectivity index (χ4v) is 2.69. The van der Waals surface area contributed by atoms with Crippen LogP contribution in [0.25, 0.3) is 0 Å². The van der Waals surface area contributed by atoms with Gasteiger partial charge < -0.3 is 10.6 Å². The van der Waals surface area contributed by atoms with Crippen LogP contribution in [-0.4, -0.2) is 6.04 Å². The van der Waals surface area contributed by atoms with E-state index in [0.717, 1.165) is 12.1 Å². The van der Waals surface area contributed by atoms with Gasteiger partial charge in [0.1, 0.15) is 0 Å². The zero-order chi connectivity index (χ0) is 17.5. The zero-order valence-corrected chi connectivity index (χ0v) is 14.1. The van der Waals surface area contributed by atoms with Crippen molar-refractivity contribution in [3.63, 3.8) is 0 Å². The molecule has 6 nitrogen and oxygen atoms in total. The summed E-state index contributed by atoms with van der Waals surface area (Å²) in [6, 6.07) is 13.0. The van der Waals surface area contributed by atoms with E-state index in [-0.39, 0.29) is 17.4 Å². The smallest absolute Gasteiger partial charge is 0.162 e. The van der Waals surface area contributed by atoms with Gasteiger partial charge in [-0.05, 0) is 53.9 Å². The third kappa shape index (κ3) is 4.38. The quantitative estimate of drug-likeness (QED) is 0.576. The number of nitrogens with zero attached hydrogens (tertiary/aromatic N) is 2. The van der Waals surface area contributed by atoms with Crippen molar-refractivity contribution in [1.82, 2.24) is 0 Å². The highest BCUT2D eigenvalue weighted by atomic mass is 16.3. The molecule has 2 rings (SSSR count). The van der Waals surface area contributed by atoms with Crippen LogP contribution in [0.1, 0.15) is 27.2 Å². The van der Waals surface area contributed by atoms with Crippen molar-refractivity contribution in [2.75, 3.05) is 10.6 Å². The molecule has 0 aliphatic rings. The molecule has 0 heterocycles. The van der Waals surface area contributed by atoms with Crippen LogP contribution in [0.4, 0.5) is 28.4 Å². The van der Waals surface area contributed by atoms with Gasteiger partial charge in [0.2, 0.25) is 0 Å². The highest BCUT2D eigenvalue weighted by Crippen LogP contribution is 2.43. The Morgan fingerprint density at radius 3 is 2.04 bits per heavy atom. The van der Waals surface area contributed by atoms with E-state index in [2.05, 4.69) is 34.8 Å². The van der Waals surface area contributed by atoms with E-state index in [4.69, 9.17) is 0 Å². The second-order valence-corrected chi connectivity index (χ2v) is 6.21. The van der Waals surface area contributed by atoms with E-state index in [1.165, 1.54) is 0 Å². The van der Waals surface area contributed by atoms with Gasteiger partial charge in [0.05, 0.1) is 11.4 Å². The van der Waals surface area contributed by atoms with Gasteiger partial charge in [0.15, 0.2) is 11.4 Å². The molecule has 0 aliphatic carbocycles. The average Bonchev–Trinajstić information content (AvgIpc) is 2.55. The first kappa shape index (κ1) is 17.6. The first-order valence-corrected chi connectivity index (χ1v) is 7.97. The maximum absolute atomic E-state index is 11.3. The molecule has 0 spiro atoms. The van der Waals surface area contributed by atoms with Crippen molar-refractivity contribution in [2.24, 2.45) is 16.3 Å². The Morgan fingerprint density at radius 2 is 1.46 bits per heavy atom. The molecule has 1 atom stereocenters. The number of anilines is 3. The standard InChI is InChI=1S/C18H22N4O2/c1-12(2)11-13(3)19-15-9-10-16(18(22-24)17(15)21-23)20-14-7-5-4-6-8-14/h4-10,12-13,19-20H,11H2,1-3H3. The summed E-state index contributed by atoms with van der Waals surface area (Å²) in [4.78, 5) is 22.6. The largest absolute Gasteiger partial charge is 0.381 e. The molecular weight excluding hydrogens is 304 g/mol. The molecule has 0 aromatic heterocycles. The first-order chi connectivity index (χ1) is 11.5. The minimum absolute atomic E-state index is 0.00981. The van der Waals surface area contributed by atoms with Crippen LogP contribution >= 0.6 is 0 Å².